The minimum absolute atomic E-state index is 0.0299. The summed E-state index contributed by atoms with van der Waals surface area (Å²) < 4.78 is 0.499. The van der Waals surface area contributed by atoms with E-state index in [-0.39, 0.29) is 30.1 Å². The first-order valence-corrected chi connectivity index (χ1v) is 11.1. The van der Waals surface area contributed by atoms with Gasteiger partial charge in [-0.2, -0.15) is 0 Å². The lowest BCUT2D eigenvalue weighted by Crippen LogP contribution is -2.31. The molecule has 2 rings (SSSR count). The van der Waals surface area contributed by atoms with Crippen molar-refractivity contribution in [3.05, 3.63) is 40.3 Å². The van der Waals surface area contributed by atoms with Gasteiger partial charge in [0.25, 0.3) is 5.91 Å². The Morgan fingerprint density at radius 3 is 2.43 bits per heavy atom. The van der Waals surface area contributed by atoms with Crippen LogP contribution in [0.25, 0.3) is 6.08 Å². The molecule has 2 N–H and O–H groups in total. The number of hydrogen-bond donors (Lipinski definition) is 2. The molecule has 0 saturated carbocycles. The molecule has 0 aromatic heterocycles. The van der Waals surface area contributed by atoms with Gasteiger partial charge in [-0.1, -0.05) is 69.0 Å². The van der Waals surface area contributed by atoms with E-state index < -0.39 is 5.97 Å². The second kappa shape index (κ2) is 10.7. The third-order valence-corrected chi connectivity index (χ3v) is 6.00. The first-order chi connectivity index (χ1) is 14.1. The van der Waals surface area contributed by atoms with Crippen molar-refractivity contribution in [2.24, 2.45) is 0 Å². The predicted octanol–water partition coefficient (Wildman–Crippen LogP) is 3.95. The van der Waals surface area contributed by atoms with Crippen LogP contribution in [0.1, 0.15) is 57.6 Å². The Balaban J connectivity index is 1.85. The van der Waals surface area contributed by atoms with Gasteiger partial charge in [0.15, 0.2) is 0 Å². The van der Waals surface area contributed by atoms with Crippen molar-refractivity contribution in [3.8, 4) is 0 Å². The Morgan fingerprint density at radius 2 is 1.83 bits per heavy atom. The fraction of sp³-hybridized carbons (Fsp3) is 0.455. The highest BCUT2D eigenvalue weighted by molar-refractivity contribution is 8.26. The average molecular weight is 449 g/mol. The summed E-state index contributed by atoms with van der Waals surface area (Å²) in [7, 11) is 0. The van der Waals surface area contributed by atoms with E-state index in [4.69, 9.17) is 17.3 Å². The van der Waals surface area contributed by atoms with Gasteiger partial charge in [0.1, 0.15) is 4.32 Å². The van der Waals surface area contributed by atoms with Crippen molar-refractivity contribution < 1.29 is 19.5 Å². The molecule has 6 nitrogen and oxygen atoms in total. The topological polar surface area (TPSA) is 86.7 Å². The van der Waals surface area contributed by atoms with Crippen LogP contribution in [0.3, 0.4) is 0 Å². The fourth-order valence-corrected chi connectivity index (χ4v) is 4.19. The van der Waals surface area contributed by atoms with Gasteiger partial charge in [-0.25, -0.2) is 0 Å². The maximum Gasteiger partial charge on any atom is 0.303 e. The summed E-state index contributed by atoms with van der Waals surface area (Å²) in [5.41, 5.74) is 2.25. The number of thiocarbonyl (C=S) groups is 1. The minimum atomic E-state index is -0.878. The van der Waals surface area contributed by atoms with Crippen LogP contribution in [0.5, 0.6) is 0 Å². The van der Waals surface area contributed by atoms with Crippen LogP contribution in [-0.2, 0) is 19.8 Å². The van der Waals surface area contributed by atoms with Crippen LogP contribution in [0, 0.1) is 0 Å². The van der Waals surface area contributed by atoms with Crippen LogP contribution in [0.4, 0.5) is 0 Å². The first kappa shape index (κ1) is 24.1. The SMILES string of the molecule is CC(C)(C)c1ccc(/C=C2\SC(=S)N(CCCC(=O)NCCCC(=O)O)C2=O)cc1. The van der Waals surface area contributed by atoms with Crippen LogP contribution >= 0.6 is 24.0 Å². The molecule has 0 spiro atoms. The molecule has 30 heavy (non-hydrogen) atoms. The monoisotopic (exact) mass is 448 g/mol. The molecule has 1 aliphatic rings. The number of carbonyl (C=O) groups excluding carboxylic acids is 2. The number of carbonyl (C=O) groups is 3. The summed E-state index contributed by atoms with van der Waals surface area (Å²) >= 11 is 6.62. The summed E-state index contributed by atoms with van der Waals surface area (Å²) in [4.78, 5) is 37.1. The number of nitrogens with one attached hydrogen (secondary N) is 1. The molecule has 8 heteroatoms. The molecular formula is C22H28N2O4S2. The molecule has 1 aromatic rings. The van der Waals surface area contributed by atoms with Crippen molar-refractivity contribution in [2.75, 3.05) is 13.1 Å². The fourth-order valence-electron chi connectivity index (χ4n) is 2.88. The Hall–Kier alpha value is -2.19. The smallest absolute Gasteiger partial charge is 0.303 e. The van der Waals surface area contributed by atoms with Crippen molar-refractivity contribution in [3.63, 3.8) is 0 Å². The average Bonchev–Trinajstić information content (AvgIpc) is 2.92. The van der Waals surface area contributed by atoms with E-state index in [0.29, 0.717) is 35.2 Å². The molecule has 1 saturated heterocycles. The lowest BCUT2D eigenvalue weighted by molar-refractivity contribution is -0.137. The Kier molecular flexibility index (Phi) is 8.61. The number of aliphatic carboxylic acids is 1. The second-order valence-electron chi connectivity index (χ2n) is 8.16. The van der Waals surface area contributed by atoms with Gasteiger partial charge in [-0.15, -0.1) is 0 Å². The number of rotatable bonds is 9. The maximum atomic E-state index is 12.7. The van der Waals surface area contributed by atoms with Crippen molar-refractivity contribution in [2.45, 2.75) is 51.9 Å². The molecule has 0 atom stereocenters. The number of amides is 2. The molecule has 1 fully saturated rings. The standard InChI is InChI=1S/C22H28N2O4S2/c1-22(2,3)16-10-8-15(9-11-16)14-17-20(28)24(21(29)30-17)13-5-6-18(25)23-12-4-7-19(26)27/h8-11,14H,4-7,12-13H2,1-3H3,(H,23,25)(H,26,27)/b17-14-. The maximum absolute atomic E-state index is 12.7. The van der Waals surface area contributed by atoms with Gasteiger partial charge in [0, 0.05) is 25.9 Å². The Labute approximate surface area is 187 Å². The third kappa shape index (κ3) is 7.25. The van der Waals surface area contributed by atoms with Gasteiger partial charge in [0.2, 0.25) is 5.91 Å². The summed E-state index contributed by atoms with van der Waals surface area (Å²) in [6.07, 6.45) is 3.03. The molecule has 1 aromatic carbocycles. The normalized spacial score (nSPS) is 15.7. The van der Waals surface area contributed by atoms with Crippen LogP contribution in [0.2, 0.25) is 0 Å². The van der Waals surface area contributed by atoms with Gasteiger partial charge in [0.05, 0.1) is 4.91 Å². The molecular weight excluding hydrogens is 420 g/mol. The summed E-state index contributed by atoms with van der Waals surface area (Å²) in [6, 6.07) is 8.15. The van der Waals surface area contributed by atoms with E-state index >= 15 is 0 Å². The van der Waals surface area contributed by atoms with E-state index in [9.17, 15) is 14.4 Å². The number of nitrogens with zero attached hydrogens (tertiary/aromatic N) is 1. The number of hydrogen-bond acceptors (Lipinski definition) is 5. The van der Waals surface area contributed by atoms with E-state index in [0.717, 1.165) is 5.56 Å². The molecule has 1 heterocycles. The summed E-state index contributed by atoms with van der Waals surface area (Å²) in [5.74, 6) is -1.16. The quantitative estimate of drug-likeness (QED) is 0.338. The summed E-state index contributed by atoms with van der Waals surface area (Å²) in [5, 5.41) is 11.3. The van der Waals surface area contributed by atoms with E-state index in [2.05, 4.69) is 38.2 Å². The zero-order valence-electron chi connectivity index (χ0n) is 17.6. The molecule has 1 aliphatic heterocycles. The number of benzene rings is 1. The lowest BCUT2D eigenvalue weighted by atomic mass is 9.87. The second-order valence-corrected chi connectivity index (χ2v) is 9.83. The van der Waals surface area contributed by atoms with Gasteiger partial charge >= 0.3 is 5.97 Å². The first-order valence-electron chi connectivity index (χ1n) is 9.92. The van der Waals surface area contributed by atoms with Crippen LogP contribution < -0.4 is 5.32 Å². The number of thioether (sulfide) groups is 1. The molecule has 0 radical (unpaired) electrons. The molecule has 0 bridgehead atoms. The van der Waals surface area contributed by atoms with Crippen molar-refractivity contribution in [1.29, 1.82) is 0 Å². The van der Waals surface area contributed by atoms with Crippen molar-refractivity contribution >= 4 is 52.2 Å². The summed E-state index contributed by atoms with van der Waals surface area (Å²) in [6.45, 7) is 7.19. The molecule has 2 amide bonds. The zero-order valence-corrected chi connectivity index (χ0v) is 19.2. The van der Waals surface area contributed by atoms with Gasteiger partial charge < -0.3 is 10.4 Å². The van der Waals surface area contributed by atoms with E-state index in [1.165, 1.54) is 22.2 Å². The number of carboxylic acid groups (broad SMARTS) is 1. The Morgan fingerprint density at radius 1 is 1.17 bits per heavy atom. The highest BCUT2D eigenvalue weighted by Gasteiger charge is 2.31. The highest BCUT2D eigenvalue weighted by atomic mass is 32.2. The van der Waals surface area contributed by atoms with Crippen molar-refractivity contribution in [1.82, 2.24) is 10.2 Å². The molecule has 0 unspecified atom stereocenters. The Bertz CT molecular complexity index is 842. The zero-order chi connectivity index (χ0) is 22.3. The van der Waals surface area contributed by atoms with Gasteiger partial charge in [-0.05, 0) is 35.5 Å². The largest absolute Gasteiger partial charge is 0.481 e. The number of carboxylic acids is 1. The van der Waals surface area contributed by atoms with E-state index in [1.54, 1.807) is 0 Å². The van der Waals surface area contributed by atoms with Gasteiger partial charge in [-0.3, -0.25) is 19.3 Å². The molecule has 162 valence electrons. The van der Waals surface area contributed by atoms with Crippen LogP contribution in [-0.4, -0.2) is 45.2 Å². The predicted molar refractivity (Wildman–Crippen MR) is 124 cm³/mol. The highest BCUT2D eigenvalue weighted by Crippen LogP contribution is 2.33. The minimum Gasteiger partial charge on any atom is -0.481 e. The van der Waals surface area contributed by atoms with Crippen LogP contribution in [0.15, 0.2) is 29.2 Å². The van der Waals surface area contributed by atoms with E-state index in [1.807, 2.05) is 18.2 Å². The third-order valence-electron chi connectivity index (χ3n) is 4.62. The molecule has 0 aliphatic carbocycles. The lowest BCUT2D eigenvalue weighted by Gasteiger charge is -2.18.